The second kappa shape index (κ2) is 5.12. The van der Waals surface area contributed by atoms with E-state index >= 15 is 0 Å². The van der Waals surface area contributed by atoms with E-state index in [0.29, 0.717) is 22.4 Å². The first-order valence-electron chi connectivity index (χ1n) is 5.82. The van der Waals surface area contributed by atoms with Crippen LogP contribution in [0.4, 0.5) is 5.69 Å². The zero-order chi connectivity index (χ0) is 14.1. The Kier molecular flexibility index (Phi) is 3.31. The largest absolute Gasteiger partial charge is 0.417 e. The number of anilines is 1. The van der Waals surface area contributed by atoms with E-state index < -0.39 is 5.76 Å². The molecule has 5 nitrogen and oxygen atoms in total. The quantitative estimate of drug-likeness (QED) is 0.672. The SMILES string of the molecule is O=C(Nc1cccc2oc(=O)[nH]c12)c1ccc(I)cc1. The minimum Gasteiger partial charge on any atom is -0.408 e. The molecule has 3 rings (SSSR count). The van der Waals surface area contributed by atoms with Gasteiger partial charge in [0.15, 0.2) is 5.58 Å². The number of para-hydroxylation sites is 1. The predicted molar refractivity (Wildman–Crippen MR) is 83.9 cm³/mol. The number of oxazole rings is 1. The van der Waals surface area contributed by atoms with Crippen LogP contribution in [0, 0.1) is 3.57 Å². The van der Waals surface area contributed by atoms with E-state index in [1.165, 1.54) is 0 Å². The maximum atomic E-state index is 12.1. The van der Waals surface area contributed by atoms with E-state index in [1.54, 1.807) is 30.3 Å². The molecule has 0 saturated heterocycles. The summed E-state index contributed by atoms with van der Waals surface area (Å²) in [6, 6.07) is 12.3. The van der Waals surface area contributed by atoms with Crippen molar-refractivity contribution in [1.82, 2.24) is 4.98 Å². The highest BCUT2D eigenvalue weighted by Crippen LogP contribution is 2.20. The van der Waals surface area contributed by atoms with Gasteiger partial charge in [-0.15, -0.1) is 0 Å². The molecule has 0 aliphatic rings. The number of hydrogen-bond donors (Lipinski definition) is 2. The lowest BCUT2D eigenvalue weighted by atomic mass is 10.2. The summed E-state index contributed by atoms with van der Waals surface area (Å²) in [4.78, 5) is 25.9. The standard InChI is InChI=1S/C14H9IN2O3/c15-9-6-4-8(5-7-9)13(18)16-10-2-1-3-11-12(10)17-14(19)20-11/h1-7H,(H,16,18)(H,17,19). The highest BCUT2D eigenvalue weighted by atomic mass is 127. The maximum absolute atomic E-state index is 12.1. The van der Waals surface area contributed by atoms with Crippen molar-refractivity contribution in [1.29, 1.82) is 0 Å². The summed E-state index contributed by atoms with van der Waals surface area (Å²) in [7, 11) is 0. The minimum absolute atomic E-state index is 0.240. The molecule has 0 bridgehead atoms. The van der Waals surface area contributed by atoms with Gasteiger partial charge in [0, 0.05) is 9.13 Å². The molecule has 0 spiro atoms. The first-order valence-corrected chi connectivity index (χ1v) is 6.90. The van der Waals surface area contributed by atoms with Gasteiger partial charge in [-0.1, -0.05) is 6.07 Å². The van der Waals surface area contributed by atoms with Gasteiger partial charge in [-0.3, -0.25) is 9.78 Å². The van der Waals surface area contributed by atoms with Crippen LogP contribution in [0.5, 0.6) is 0 Å². The molecular weight excluding hydrogens is 371 g/mol. The molecule has 0 radical (unpaired) electrons. The Bertz CT molecular complexity index is 833. The van der Waals surface area contributed by atoms with Gasteiger partial charge >= 0.3 is 5.76 Å². The van der Waals surface area contributed by atoms with Gasteiger partial charge in [0.2, 0.25) is 0 Å². The normalized spacial score (nSPS) is 10.7. The van der Waals surface area contributed by atoms with Gasteiger partial charge in [0.1, 0.15) is 5.52 Å². The van der Waals surface area contributed by atoms with Crippen molar-refractivity contribution >= 4 is 45.3 Å². The van der Waals surface area contributed by atoms with Gasteiger partial charge in [-0.2, -0.15) is 0 Å². The monoisotopic (exact) mass is 380 g/mol. The molecule has 0 fully saturated rings. The molecule has 3 aromatic rings. The Morgan fingerprint density at radius 1 is 1.15 bits per heavy atom. The van der Waals surface area contributed by atoms with Crippen LogP contribution in [0.2, 0.25) is 0 Å². The zero-order valence-corrected chi connectivity index (χ0v) is 12.3. The number of aromatic nitrogens is 1. The van der Waals surface area contributed by atoms with E-state index in [2.05, 4.69) is 32.9 Å². The van der Waals surface area contributed by atoms with Crippen molar-refractivity contribution in [3.05, 3.63) is 62.1 Å². The number of carbonyl (C=O) groups excluding carboxylic acids is 1. The molecule has 0 aliphatic heterocycles. The summed E-state index contributed by atoms with van der Waals surface area (Å²) in [5, 5.41) is 2.76. The van der Waals surface area contributed by atoms with Crippen molar-refractivity contribution < 1.29 is 9.21 Å². The van der Waals surface area contributed by atoms with Crippen LogP contribution < -0.4 is 11.1 Å². The average Bonchev–Trinajstić information content (AvgIpc) is 2.81. The molecule has 2 N–H and O–H groups in total. The summed E-state index contributed by atoms with van der Waals surface area (Å²) in [6.45, 7) is 0. The third kappa shape index (κ3) is 2.46. The molecule has 0 aliphatic carbocycles. The first kappa shape index (κ1) is 12.9. The number of rotatable bonds is 2. The third-order valence-corrected chi connectivity index (χ3v) is 3.53. The number of halogens is 1. The number of carbonyl (C=O) groups is 1. The number of fused-ring (bicyclic) bond motifs is 1. The van der Waals surface area contributed by atoms with Crippen LogP contribution in [0.15, 0.2) is 51.7 Å². The second-order valence-corrected chi connectivity index (χ2v) is 5.40. The molecule has 100 valence electrons. The summed E-state index contributed by atoms with van der Waals surface area (Å²) >= 11 is 2.17. The summed E-state index contributed by atoms with van der Waals surface area (Å²) < 4.78 is 6.00. The van der Waals surface area contributed by atoms with Crippen LogP contribution in [0.1, 0.15) is 10.4 Å². The first-order chi connectivity index (χ1) is 9.63. The molecule has 6 heteroatoms. The van der Waals surface area contributed by atoms with Gasteiger partial charge in [0.05, 0.1) is 5.69 Å². The van der Waals surface area contributed by atoms with Gasteiger partial charge < -0.3 is 9.73 Å². The van der Waals surface area contributed by atoms with Gasteiger partial charge in [-0.25, -0.2) is 4.79 Å². The van der Waals surface area contributed by atoms with Crippen LogP contribution in [-0.4, -0.2) is 10.9 Å². The number of H-pyrrole nitrogens is 1. The summed E-state index contributed by atoms with van der Waals surface area (Å²) in [5.41, 5.74) is 1.96. The fourth-order valence-electron chi connectivity index (χ4n) is 1.87. The predicted octanol–water partition coefficient (Wildman–Crippen LogP) is 2.98. The minimum atomic E-state index is -0.545. The van der Waals surface area contributed by atoms with Crippen LogP contribution in [-0.2, 0) is 0 Å². The lowest BCUT2D eigenvalue weighted by molar-refractivity contribution is 0.102. The smallest absolute Gasteiger partial charge is 0.408 e. The molecule has 1 heterocycles. The van der Waals surface area contributed by atoms with E-state index in [0.717, 1.165) is 3.57 Å². The summed E-state index contributed by atoms with van der Waals surface area (Å²) in [6.07, 6.45) is 0. The van der Waals surface area contributed by atoms with E-state index in [4.69, 9.17) is 4.42 Å². The number of amides is 1. The molecule has 20 heavy (non-hydrogen) atoms. The van der Waals surface area contributed by atoms with Crippen molar-refractivity contribution in [2.24, 2.45) is 0 Å². The number of hydrogen-bond acceptors (Lipinski definition) is 3. The van der Waals surface area contributed by atoms with Gasteiger partial charge in [-0.05, 0) is 59.0 Å². The lowest BCUT2D eigenvalue weighted by Gasteiger charge is -2.05. The molecule has 0 atom stereocenters. The topological polar surface area (TPSA) is 75.1 Å². The van der Waals surface area contributed by atoms with Crippen molar-refractivity contribution in [3.8, 4) is 0 Å². The Morgan fingerprint density at radius 2 is 1.90 bits per heavy atom. The molecule has 2 aromatic carbocycles. The Balaban J connectivity index is 1.95. The van der Waals surface area contributed by atoms with Gasteiger partial charge in [0.25, 0.3) is 5.91 Å². The van der Waals surface area contributed by atoms with E-state index in [1.807, 2.05) is 12.1 Å². The van der Waals surface area contributed by atoms with E-state index in [9.17, 15) is 9.59 Å². The zero-order valence-electron chi connectivity index (χ0n) is 10.1. The highest BCUT2D eigenvalue weighted by Gasteiger charge is 2.10. The fraction of sp³-hybridized carbons (Fsp3) is 0. The van der Waals surface area contributed by atoms with Crippen molar-refractivity contribution in [3.63, 3.8) is 0 Å². The number of benzene rings is 2. The molecular formula is C14H9IN2O3. The van der Waals surface area contributed by atoms with Crippen LogP contribution in [0.25, 0.3) is 11.1 Å². The Morgan fingerprint density at radius 3 is 2.65 bits per heavy atom. The number of nitrogens with one attached hydrogen (secondary N) is 2. The van der Waals surface area contributed by atoms with Crippen molar-refractivity contribution in [2.75, 3.05) is 5.32 Å². The van der Waals surface area contributed by atoms with Crippen LogP contribution >= 0.6 is 22.6 Å². The molecule has 0 unspecified atom stereocenters. The molecule has 0 saturated carbocycles. The maximum Gasteiger partial charge on any atom is 0.417 e. The van der Waals surface area contributed by atoms with E-state index in [-0.39, 0.29) is 5.91 Å². The summed E-state index contributed by atoms with van der Waals surface area (Å²) in [5.74, 6) is -0.785. The Hall–Kier alpha value is -2.09. The number of aromatic amines is 1. The third-order valence-electron chi connectivity index (χ3n) is 2.81. The molecule has 1 amide bonds. The highest BCUT2D eigenvalue weighted by molar-refractivity contribution is 14.1. The average molecular weight is 380 g/mol. The van der Waals surface area contributed by atoms with Crippen molar-refractivity contribution in [2.45, 2.75) is 0 Å². The molecule has 1 aromatic heterocycles. The second-order valence-electron chi connectivity index (χ2n) is 4.15. The lowest BCUT2D eigenvalue weighted by Crippen LogP contribution is -2.12. The Labute approximate surface area is 127 Å². The van der Waals surface area contributed by atoms with Crippen LogP contribution in [0.3, 0.4) is 0 Å². The fourth-order valence-corrected chi connectivity index (χ4v) is 2.23.